The van der Waals surface area contributed by atoms with E-state index in [2.05, 4.69) is 0 Å². The molecule has 6 nitrogen and oxygen atoms in total. The van der Waals surface area contributed by atoms with Gasteiger partial charge in [0.15, 0.2) is 6.04 Å². The van der Waals surface area contributed by atoms with Gasteiger partial charge in [-0.1, -0.05) is 0 Å². The van der Waals surface area contributed by atoms with E-state index in [0.717, 1.165) is 19.3 Å². The second kappa shape index (κ2) is 4.51. The Balaban J connectivity index is 1.72. The number of amides is 1. The van der Waals surface area contributed by atoms with Gasteiger partial charge < -0.3 is 19.5 Å². The number of nitrogens with zero attached hydrogens (tertiary/aromatic N) is 1. The van der Waals surface area contributed by atoms with E-state index in [4.69, 9.17) is 14.6 Å². The average Bonchev–Trinajstić information content (AvgIpc) is 3.00. The first-order valence-corrected chi connectivity index (χ1v) is 6.43. The van der Waals surface area contributed by atoms with Gasteiger partial charge in [-0.3, -0.25) is 4.79 Å². The number of fused-ring (bicyclic) bond motifs is 2. The van der Waals surface area contributed by atoms with Crippen molar-refractivity contribution in [2.24, 2.45) is 5.92 Å². The fourth-order valence-corrected chi connectivity index (χ4v) is 3.18. The summed E-state index contributed by atoms with van der Waals surface area (Å²) in [6, 6.07) is -0.842. The molecule has 0 aromatic carbocycles. The summed E-state index contributed by atoms with van der Waals surface area (Å²) in [5.74, 6) is -1.21. The molecule has 4 atom stereocenters. The van der Waals surface area contributed by atoms with Gasteiger partial charge >= 0.3 is 5.97 Å². The molecule has 3 saturated heterocycles. The van der Waals surface area contributed by atoms with Gasteiger partial charge in [0.05, 0.1) is 31.3 Å². The predicted molar refractivity (Wildman–Crippen MR) is 60.0 cm³/mol. The number of carbonyl (C=O) groups is 2. The molecule has 100 valence electrons. The van der Waals surface area contributed by atoms with Gasteiger partial charge in [0.25, 0.3) is 0 Å². The van der Waals surface area contributed by atoms with E-state index >= 15 is 0 Å². The molecule has 4 unspecified atom stereocenters. The van der Waals surface area contributed by atoms with Crippen LogP contribution in [0.2, 0.25) is 0 Å². The van der Waals surface area contributed by atoms with Gasteiger partial charge in [0.2, 0.25) is 5.91 Å². The van der Waals surface area contributed by atoms with Crippen LogP contribution >= 0.6 is 0 Å². The van der Waals surface area contributed by atoms with Crippen LogP contribution in [0.1, 0.15) is 19.3 Å². The number of ether oxygens (including phenoxy) is 2. The quantitative estimate of drug-likeness (QED) is 0.743. The summed E-state index contributed by atoms with van der Waals surface area (Å²) in [6.45, 7) is 0.865. The lowest BCUT2D eigenvalue weighted by atomic mass is 9.88. The highest BCUT2D eigenvalue weighted by Crippen LogP contribution is 2.39. The third kappa shape index (κ3) is 1.89. The van der Waals surface area contributed by atoms with Gasteiger partial charge in [-0.25, -0.2) is 4.79 Å². The summed E-state index contributed by atoms with van der Waals surface area (Å²) < 4.78 is 10.8. The first-order valence-electron chi connectivity index (χ1n) is 6.43. The van der Waals surface area contributed by atoms with E-state index in [1.54, 1.807) is 0 Å². The van der Waals surface area contributed by atoms with Crippen molar-refractivity contribution in [3.63, 3.8) is 0 Å². The summed E-state index contributed by atoms with van der Waals surface area (Å²) in [4.78, 5) is 25.0. The maximum absolute atomic E-state index is 12.4. The zero-order valence-corrected chi connectivity index (χ0v) is 10.1. The highest BCUT2D eigenvalue weighted by Gasteiger charge is 2.47. The summed E-state index contributed by atoms with van der Waals surface area (Å²) >= 11 is 0. The molecule has 3 aliphatic heterocycles. The van der Waals surface area contributed by atoms with E-state index < -0.39 is 12.0 Å². The van der Waals surface area contributed by atoms with Crippen molar-refractivity contribution >= 4 is 11.9 Å². The van der Waals surface area contributed by atoms with E-state index in [9.17, 15) is 9.59 Å². The van der Waals surface area contributed by atoms with Gasteiger partial charge in [-0.2, -0.15) is 0 Å². The van der Waals surface area contributed by atoms with Crippen molar-refractivity contribution < 1.29 is 24.2 Å². The minimum Gasteiger partial charge on any atom is -0.480 e. The Morgan fingerprint density at radius 2 is 2.11 bits per heavy atom. The number of morpholine rings is 1. The smallest absolute Gasteiger partial charge is 0.328 e. The molecule has 3 fully saturated rings. The molecular formula is C12H17NO5. The van der Waals surface area contributed by atoms with Crippen molar-refractivity contribution in [2.45, 2.75) is 37.5 Å². The van der Waals surface area contributed by atoms with Gasteiger partial charge in [0, 0.05) is 6.54 Å². The number of hydrogen-bond donors (Lipinski definition) is 1. The van der Waals surface area contributed by atoms with Crippen molar-refractivity contribution in [3.8, 4) is 0 Å². The SMILES string of the molecule is O=C(O)C1COCCN1C(=O)C1CC2CCC1O2. The molecule has 0 aromatic rings. The maximum Gasteiger partial charge on any atom is 0.328 e. The lowest BCUT2D eigenvalue weighted by Gasteiger charge is -2.35. The molecule has 3 heterocycles. The van der Waals surface area contributed by atoms with Crippen LogP contribution in [0, 0.1) is 5.92 Å². The highest BCUT2D eigenvalue weighted by molar-refractivity contribution is 5.86. The Kier molecular flexibility index (Phi) is 2.99. The first-order chi connectivity index (χ1) is 8.66. The van der Waals surface area contributed by atoms with Gasteiger partial charge in [-0.15, -0.1) is 0 Å². The molecule has 1 N–H and O–H groups in total. The number of carboxylic acid groups (broad SMARTS) is 1. The summed E-state index contributed by atoms with van der Waals surface area (Å²) in [5.41, 5.74) is 0. The number of hydrogen-bond acceptors (Lipinski definition) is 4. The Morgan fingerprint density at radius 1 is 1.28 bits per heavy atom. The molecule has 0 aromatic heterocycles. The van der Waals surface area contributed by atoms with Crippen LogP contribution in [-0.4, -0.2) is 59.9 Å². The fraction of sp³-hybridized carbons (Fsp3) is 0.833. The Labute approximate surface area is 105 Å². The Morgan fingerprint density at radius 3 is 2.72 bits per heavy atom. The van der Waals surface area contributed by atoms with Crippen LogP contribution in [0.3, 0.4) is 0 Å². The van der Waals surface area contributed by atoms with E-state index in [-0.39, 0.29) is 30.6 Å². The average molecular weight is 255 g/mol. The van der Waals surface area contributed by atoms with Crippen LogP contribution in [0.5, 0.6) is 0 Å². The molecule has 0 saturated carbocycles. The molecule has 2 bridgehead atoms. The lowest BCUT2D eigenvalue weighted by Crippen LogP contribution is -2.55. The van der Waals surface area contributed by atoms with Crippen LogP contribution in [0.4, 0.5) is 0 Å². The standard InChI is InChI=1S/C12H17NO5/c14-11(8-5-7-1-2-10(8)18-7)13-3-4-17-6-9(13)12(15)16/h7-10H,1-6H2,(H,15,16). The summed E-state index contributed by atoms with van der Waals surface area (Å²) in [7, 11) is 0. The molecule has 18 heavy (non-hydrogen) atoms. The minimum absolute atomic E-state index is 0.000195. The summed E-state index contributed by atoms with van der Waals surface area (Å²) in [6.07, 6.45) is 2.89. The van der Waals surface area contributed by atoms with E-state index in [1.165, 1.54) is 4.90 Å². The molecule has 0 radical (unpaired) electrons. The minimum atomic E-state index is -0.993. The second-order valence-electron chi connectivity index (χ2n) is 5.18. The Bertz CT molecular complexity index is 371. The molecule has 0 aliphatic carbocycles. The van der Waals surface area contributed by atoms with Crippen LogP contribution in [-0.2, 0) is 19.1 Å². The van der Waals surface area contributed by atoms with Crippen LogP contribution in [0.15, 0.2) is 0 Å². The normalized spacial score (nSPS) is 39.0. The van der Waals surface area contributed by atoms with E-state index in [1.807, 2.05) is 0 Å². The number of carbonyl (C=O) groups excluding carboxylic acids is 1. The third-order valence-electron chi connectivity index (χ3n) is 4.12. The highest BCUT2D eigenvalue weighted by atomic mass is 16.5. The fourth-order valence-electron chi connectivity index (χ4n) is 3.18. The van der Waals surface area contributed by atoms with Crippen LogP contribution < -0.4 is 0 Å². The summed E-state index contributed by atoms with van der Waals surface area (Å²) in [5, 5.41) is 9.13. The topological polar surface area (TPSA) is 76.1 Å². The molecule has 1 amide bonds. The van der Waals surface area contributed by atoms with Crippen molar-refractivity contribution in [2.75, 3.05) is 19.8 Å². The van der Waals surface area contributed by atoms with Gasteiger partial charge in [0.1, 0.15) is 0 Å². The van der Waals surface area contributed by atoms with E-state index in [0.29, 0.717) is 13.2 Å². The van der Waals surface area contributed by atoms with Crippen molar-refractivity contribution in [1.29, 1.82) is 0 Å². The maximum atomic E-state index is 12.4. The number of aliphatic carboxylic acids is 1. The van der Waals surface area contributed by atoms with Crippen LogP contribution in [0.25, 0.3) is 0 Å². The lowest BCUT2D eigenvalue weighted by molar-refractivity contribution is -0.161. The zero-order chi connectivity index (χ0) is 12.7. The number of rotatable bonds is 2. The Hall–Kier alpha value is -1.14. The second-order valence-corrected chi connectivity index (χ2v) is 5.18. The van der Waals surface area contributed by atoms with Crippen molar-refractivity contribution in [3.05, 3.63) is 0 Å². The molecule has 3 aliphatic rings. The molecule has 6 heteroatoms. The molecule has 0 spiro atoms. The molecule has 3 rings (SSSR count). The zero-order valence-electron chi connectivity index (χ0n) is 10.1. The predicted octanol–water partition coefficient (Wildman–Crippen LogP) is -0.134. The molecular weight excluding hydrogens is 238 g/mol. The largest absolute Gasteiger partial charge is 0.480 e. The van der Waals surface area contributed by atoms with Gasteiger partial charge in [-0.05, 0) is 19.3 Å². The monoisotopic (exact) mass is 255 g/mol. The third-order valence-corrected chi connectivity index (χ3v) is 4.12. The first kappa shape index (κ1) is 11.9. The van der Waals surface area contributed by atoms with Crippen molar-refractivity contribution in [1.82, 2.24) is 4.90 Å². The number of carboxylic acids is 1.